The van der Waals surface area contributed by atoms with Gasteiger partial charge in [-0.25, -0.2) is 4.39 Å². The first-order valence-corrected chi connectivity index (χ1v) is 6.95. The van der Waals surface area contributed by atoms with Crippen LogP contribution in [0.2, 0.25) is 5.02 Å². The van der Waals surface area contributed by atoms with Crippen molar-refractivity contribution in [1.29, 1.82) is 0 Å². The van der Waals surface area contributed by atoms with Gasteiger partial charge in [0, 0.05) is 17.9 Å². The van der Waals surface area contributed by atoms with Crippen molar-refractivity contribution in [2.75, 3.05) is 6.54 Å². The molecule has 0 bridgehead atoms. The van der Waals surface area contributed by atoms with Crippen molar-refractivity contribution in [3.8, 4) is 0 Å². The Morgan fingerprint density at radius 3 is 2.90 bits per heavy atom. The van der Waals surface area contributed by atoms with Crippen LogP contribution in [0.15, 0.2) is 22.7 Å². The van der Waals surface area contributed by atoms with Gasteiger partial charge < -0.3 is 10.3 Å². The summed E-state index contributed by atoms with van der Waals surface area (Å²) in [4.78, 5) is 4.32. The topological polar surface area (TPSA) is 64.9 Å². The maximum absolute atomic E-state index is 13.0. The van der Waals surface area contributed by atoms with Gasteiger partial charge in [0.2, 0.25) is 5.89 Å². The van der Waals surface area contributed by atoms with Gasteiger partial charge in [-0.05, 0) is 30.2 Å². The molecule has 0 saturated carbocycles. The molecule has 2 N–H and O–H groups in total. The lowest BCUT2D eigenvalue weighted by molar-refractivity contribution is 0.347. The first-order chi connectivity index (χ1) is 9.62. The van der Waals surface area contributed by atoms with E-state index in [0.717, 1.165) is 12.0 Å². The van der Waals surface area contributed by atoms with Crippen LogP contribution in [0.1, 0.15) is 30.6 Å². The fraction of sp³-hybridized carbons (Fsp3) is 0.429. The highest BCUT2D eigenvalue weighted by atomic mass is 35.5. The van der Waals surface area contributed by atoms with Crippen molar-refractivity contribution in [2.24, 2.45) is 11.7 Å². The molecular weight excluding hydrogens is 281 g/mol. The molecule has 0 aliphatic heterocycles. The normalized spacial score (nSPS) is 12.6. The highest BCUT2D eigenvalue weighted by molar-refractivity contribution is 6.31. The van der Waals surface area contributed by atoms with Crippen LogP contribution in [0.25, 0.3) is 0 Å². The largest absolute Gasteiger partial charge is 0.339 e. The molecule has 20 heavy (non-hydrogen) atoms. The molecule has 0 spiro atoms. The number of rotatable bonds is 6. The molecule has 6 heteroatoms. The maximum Gasteiger partial charge on any atom is 0.226 e. The Bertz CT molecular complexity index is 569. The maximum atomic E-state index is 13.0. The summed E-state index contributed by atoms with van der Waals surface area (Å²) < 4.78 is 18.2. The molecule has 1 heterocycles. The summed E-state index contributed by atoms with van der Waals surface area (Å²) in [6.07, 6.45) is 2.07. The summed E-state index contributed by atoms with van der Waals surface area (Å²) in [5.74, 6) is 1.11. The van der Waals surface area contributed by atoms with Crippen LogP contribution in [0.3, 0.4) is 0 Å². The number of hydrogen-bond acceptors (Lipinski definition) is 4. The predicted molar refractivity (Wildman–Crippen MR) is 75.1 cm³/mol. The molecule has 0 aliphatic carbocycles. The van der Waals surface area contributed by atoms with E-state index in [1.165, 1.54) is 12.1 Å². The molecule has 1 aromatic heterocycles. The van der Waals surface area contributed by atoms with E-state index in [9.17, 15) is 4.39 Å². The number of benzene rings is 1. The van der Waals surface area contributed by atoms with Gasteiger partial charge in [0.1, 0.15) is 5.82 Å². The van der Waals surface area contributed by atoms with Crippen molar-refractivity contribution in [1.82, 2.24) is 10.1 Å². The van der Waals surface area contributed by atoms with E-state index in [2.05, 4.69) is 17.1 Å². The predicted octanol–water partition coefficient (Wildman–Crippen LogP) is 2.98. The van der Waals surface area contributed by atoms with Crippen LogP contribution in [0.5, 0.6) is 0 Å². The Balaban J connectivity index is 2.05. The molecule has 1 aromatic carbocycles. The first kappa shape index (κ1) is 14.9. The van der Waals surface area contributed by atoms with Gasteiger partial charge in [-0.3, -0.25) is 0 Å². The molecule has 0 fully saturated rings. The monoisotopic (exact) mass is 297 g/mol. The highest BCUT2D eigenvalue weighted by Gasteiger charge is 2.13. The van der Waals surface area contributed by atoms with Crippen LogP contribution in [0, 0.1) is 11.7 Å². The molecule has 0 aliphatic rings. The molecule has 0 saturated heterocycles. The molecule has 4 nitrogen and oxygen atoms in total. The molecule has 1 atom stereocenters. The van der Waals surface area contributed by atoms with Gasteiger partial charge in [0.15, 0.2) is 5.82 Å². The smallest absolute Gasteiger partial charge is 0.226 e. The van der Waals surface area contributed by atoms with Gasteiger partial charge in [-0.1, -0.05) is 36.2 Å². The number of hydrogen-bond donors (Lipinski definition) is 1. The summed E-state index contributed by atoms with van der Waals surface area (Å²) in [5, 5.41) is 4.28. The lowest BCUT2D eigenvalue weighted by Gasteiger charge is -2.07. The fourth-order valence-electron chi connectivity index (χ4n) is 1.92. The quantitative estimate of drug-likeness (QED) is 0.890. The molecule has 1 unspecified atom stereocenters. The second-order valence-corrected chi connectivity index (χ2v) is 5.14. The molecule has 0 radical (unpaired) electrons. The lowest BCUT2D eigenvalue weighted by Crippen LogP contribution is -2.16. The third-order valence-corrected chi connectivity index (χ3v) is 3.60. The lowest BCUT2D eigenvalue weighted by atomic mass is 10.0. The SMILES string of the molecule is CCC(CN)Cc1nc(Cc2ccc(F)cc2Cl)no1. The number of aromatic nitrogens is 2. The first-order valence-electron chi connectivity index (χ1n) is 6.57. The molecule has 2 aromatic rings. The van der Waals surface area contributed by atoms with E-state index in [0.29, 0.717) is 42.0 Å². The van der Waals surface area contributed by atoms with Crippen molar-refractivity contribution < 1.29 is 8.91 Å². The number of nitrogens with zero attached hydrogens (tertiary/aromatic N) is 2. The summed E-state index contributed by atoms with van der Waals surface area (Å²) in [6, 6.07) is 4.27. The van der Waals surface area contributed by atoms with Crippen molar-refractivity contribution in [3.63, 3.8) is 0 Å². The van der Waals surface area contributed by atoms with Crippen molar-refractivity contribution in [2.45, 2.75) is 26.2 Å². The van der Waals surface area contributed by atoms with E-state index < -0.39 is 0 Å². The van der Waals surface area contributed by atoms with Crippen LogP contribution in [-0.2, 0) is 12.8 Å². The van der Waals surface area contributed by atoms with Crippen LogP contribution < -0.4 is 5.73 Å². The minimum atomic E-state index is -0.360. The minimum Gasteiger partial charge on any atom is -0.339 e. The zero-order valence-electron chi connectivity index (χ0n) is 11.3. The van der Waals surface area contributed by atoms with E-state index in [1.54, 1.807) is 6.07 Å². The zero-order chi connectivity index (χ0) is 14.5. The van der Waals surface area contributed by atoms with Crippen LogP contribution in [0.4, 0.5) is 4.39 Å². The summed E-state index contributed by atoms with van der Waals surface area (Å²) in [7, 11) is 0. The third kappa shape index (κ3) is 3.77. The molecule has 0 amide bonds. The van der Waals surface area contributed by atoms with E-state index in [1.807, 2.05) is 0 Å². The third-order valence-electron chi connectivity index (χ3n) is 3.25. The van der Waals surface area contributed by atoms with Gasteiger partial charge in [-0.2, -0.15) is 4.98 Å². The van der Waals surface area contributed by atoms with Crippen molar-refractivity contribution >= 4 is 11.6 Å². The zero-order valence-corrected chi connectivity index (χ0v) is 12.0. The Hall–Kier alpha value is -1.46. The van der Waals surface area contributed by atoms with Gasteiger partial charge in [0.25, 0.3) is 0 Å². The summed E-state index contributed by atoms with van der Waals surface area (Å²) in [6.45, 7) is 2.67. The highest BCUT2D eigenvalue weighted by Crippen LogP contribution is 2.20. The van der Waals surface area contributed by atoms with Crippen LogP contribution >= 0.6 is 11.6 Å². The van der Waals surface area contributed by atoms with Crippen molar-refractivity contribution in [3.05, 3.63) is 46.3 Å². The average molecular weight is 298 g/mol. The van der Waals surface area contributed by atoms with Gasteiger partial charge in [0.05, 0.1) is 0 Å². The van der Waals surface area contributed by atoms with E-state index in [4.69, 9.17) is 21.9 Å². The Morgan fingerprint density at radius 2 is 2.25 bits per heavy atom. The van der Waals surface area contributed by atoms with E-state index >= 15 is 0 Å². The molecular formula is C14H17ClFN3O. The number of nitrogens with two attached hydrogens (primary N) is 1. The summed E-state index contributed by atoms with van der Waals surface area (Å²) in [5.41, 5.74) is 6.42. The molecule has 108 valence electrons. The fourth-order valence-corrected chi connectivity index (χ4v) is 2.16. The Kier molecular flexibility index (Phi) is 5.09. The van der Waals surface area contributed by atoms with Gasteiger partial charge >= 0.3 is 0 Å². The Morgan fingerprint density at radius 1 is 1.45 bits per heavy atom. The second-order valence-electron chi connectivity index (χ2n) is 4.73. The summed E-state index contributed by atoms with van der Waals surface area (Å²) >= 11 is 5.97. The minimum absolute atomic E-state index is 0.345. The standard InChI is InChI=1S/C14H17ClFN3O/c1-2-9(8-17)5-14-18-13(19-20-14)6-10-3-4-11(16)7-12(10)15/h3-4,7,9H,2,5-6,8,17H2,1H3. The second kappa shape index (κ2) is 6.81. The Labute approximate surface area is 122 Å². The van der Waals surface area contributed by atoms with E-state index in [-0.39, 0.29) is 5.82 Å². The molecule has 2 rings (SSSR count). The van der Waals surface area contributed by atoms with Crippen LogP contribution in [-0.4, -0.2) is 16.7 Å². The van der Waals surface area contributed by atoms with Gasteiger partial charge in [-0.15, -0.1) is 0 Å². The average Bonchev–Trinajstić information content (AvgIpc) is 2.86. The number of halogens is 2.